The lowest BCUT2D eigenvalue weighted by atomic mass is 10.0. The Kier molecular flexibility index (Phi) is 6.30. The second kappa shape index (κ2) is 9.52. The zero-order valence-electron chi connectivity index (χ0n) is 20.0. The summed E-state index contributed by atoms with van der Waals surface area (Å²) in [5, 5.41) is 4.00. The van der Waals surface area contributed by atoms with Crippen LogP contribution < -0.4 is 15.8 Å². The van der Waals surface area contributed by atoms with Crippen LogP contribution in [0.1, 0.15) is 80.3 Å². The van der Waals surface area contributed by atoms with Gasteiger partial charge >= 0.3 is 0 Å². The van der Waals surface area contributed by atoms with Crippen LogP contribution in [-0.2, 0) is 0 Å². The van der Waals surface area contributed by atoms with E-state index in [9.17, 15) is 9.59 Å². The number of aromatic nitrogens is 4. The number of rotatable bonds is 6. The number of carbonyl (C=O) groups excluding carboxylic acids is 1. The van der Waals surface area contributed by atoms with Crippen molar-refractivity contribution in [2.45, 2.75) is 71.3 Å². The SMILES string of the molecule is CCC(=O)c1c(C)c2cnc(Nc3ccc(N4CCCCC4)nc3)nc2n(C2CCCC2)c1=O. The predicted octanol–water partition coefficient (Wildman–Crippen LogP) is 4.94. The van der Waals surface area contributed by atoms with E-state index in [2.05, 4.69) is 20.2 Å². The van der Waals surface area contributed by atoms with Gasteiger partial charge in [-0.05, 0) is 56.7 Å². The van der Waals surface area contributed by atoms with Crippen molar-refractivity contribution in [1.82, 2.24) is 19.5 Å². The van der Waals surface area contributed by atoms with Crippen molar-refractivity contribution in [3.63, 3.8) is 0 Å². The number of aryl methyl sites for hydroxylation is 1. The van der Waals surface area contributed by atoms with Gasteiger partial charge in [0.05, 0.1) is 17.4 Å². The number of piperidine rings is 1. The van der Waals surface area contributed by atoms with Gasteiger partial charge in [-0.2, -0.15) is 4.98 Å². The van der Waals surface area contributed by atoms with E-state index in [-0.39, 0.29) is 22.9 Å². The standard InChI is InChI=1S/C26H32N6O2/c1-3-21(33)23-17(2)20-16-28-26(30-24(20)32(25(23)34)19-9-5-6-10-19)29-18-11-12-22(27-15-18)31-13-7-4-8-14-31/h11-12,15-16,19H,3-10,13-14H2,1-2H3,(H,28,29,30). The van der Waals surface area contributed by atoms with E-state index in [0.717, 1.165) is 55.7 Å². The molecule has 0 atom stereocenters. The second-order valence-corrected chi connectivity index (χ2v) is 9.40. The van der Waals surface area contributed by atoms with E-state index in [1.54, 1.807) is 23.9 Å². The quantitative estimate of drug-likeness (QED) is 0.521. The third-order valence-corrected chi connectivity index (χ3v) is 7.18. The Hall–Kier alpha value is -3.29. The fraction of sp³-hybridized carbons (Fsp3) is 0.500. The number of hydrogen-bond donors (Lipinski definition) is 1. The van der Waals surface area contributed by atoms with Gasteiger partial charge in [0.25, 0.3) is 5.56 Å². The lowest BCUT2D eigenvalue weighted by molar-refractivity contribution is 0.0985. The van der Waals surface area contributed by atoms with E-state index in [4.69, 9.17) is 4.98 Å². The number of ketones is 1. The van der Waals surface area contributed by atoms with Crippen LogP contribution in [0.4, 0.5) is 17.5 Å². The highest BCUT2D eigenvalue weighted by Crippen LogP contribution is 2.32. The summed E-state index contributed by atoms with van der Waals surface area (Å²) in [5.41, 5.74) is 2.12. The van der Waals surface area contributed by atoms with E-state index in [0.29, 0.717) is 23.6 Å². The van der Waals surface area contributed by atoms with Crippen molar-refractivity contribution >= 4 is 34.3 Å². The first-order valence-electron chi connectivity index (χ1n) is 12.5. The molecule has 2 fully saturated rings. The number of nitrogens with one attached hydrogen (secondary N) is 1. The zero-order valence-corrected chi connectivity index (χ0v) is 20.0. The lowest BCUT2D eigenvalue weighted by Gasteiger charge is -2.27. The Morgan fingerprint density at radius 2 is 1.82 bits per heavy atom. The van der Waals surface area contributed by atoms with Crippen molar-refractivity contribution in [1.29, 1.82) is 0 Å². The largest absolute Gasteiger partial charge is 0.357 e. The number of carbonyl (C=O) groups is 1. The molecular weight excluding hydrogens is 428 g/mol. The maximum Gasteiger partial charge on any atom is 0.263 e. The van der Waals surface area contributed by atoms with Crippen molar-refractivity contribution in [3.8, 4) is 0 Å². The smallest absolute Gasteiger partial charge is 0.263 e. The summed E-state index contributed by atoms with van der Waals surface area (Å²) in [6, 6.07) is 4.07. The molecule has 3 aromatic rings. The summed E-state index contributed by atoms with van der Waals surface area (Å²) in [5.74, 6) is 1.28. The summed E-state index contributed by atoms with van der Waals surface area (Å²) in [6.07, 6.45) is 11.5. The first-order chi connectivity index (χ1) is 16.6. The predicted molar refractivity (Wildman–Crippen MR) is 134 cm³/mol. The van der Waals surface area contributed by atoms with Crippen LogP contribution in [0.15, 0.2) is 29.3 Å². The molecule has 5 rings (SSSR count). The third kappa shape index (κ3) is 4.17. The van der Waals surface area contributed by atoms with Gasteiger partial charge in [0.1, 0.15) is 11.5 Å². The maximum atomic E-state index is 13.5. The highest BCUT2D eigenvalue weighted by atomic mass is 16.1. The molecule has 8 heteroatoms. The summed E-state index contributed by atoms with van der Waals surface area (Å²) in [7, 11) is 0. The summed E-state index contributed by atoms with van der Waals surface area (Å²) >= 11 is 0. The Morgan fingerprint density at radius 3 is 2.50 bits per heavy atom. The van der Waals surface area contributed by atoms with E-state index >= 15 is 0 Å². The minimum absolute atomic E-state index is 0.0623. The Labute approximate surface area is 199 Å². The Morgan fingerprint density at radius 1 is 1.06 bits per heavy atom. The molecule has 2 aliphatic rings. The molecule has 1 aliphatic carbocycles. The Bertz CT molecular complexity index is 1260. The van der Waals surface area contributed by atoms with Gasteiger partial charge in [0.2, 0.25) is 5.95 Å². The fourth-order valence-electron chi connectivity index (χ4n) is 5.30. The summed E-state index contributed by atoms with van der Waals surface area (Å²) in [6.45, 7) is 5.72. The second-order valence-electron chi connectivity index (χ2n) is 9.40. The average molecular weight is 461 g/mol. The van der Waals surface area contributed by atoms with Crippen LogP contribution in [-0.4, -0.2) is 38.4 Å². The van der Waals surface area contributed by atoms with Crippen LogP contribution >= 0.6 is 0 Å². The number of pyridine rings is 2. The van der Waals surface area contributed by atoms with Crippen molar-refractivity contribution in [2.75, 3.05) is 23.3 Å². The molecule has 0 unspecified atom stereocenters. The normalized spacial score (nSPS) is 16.8. The van der Waals surface area contributed by atoms with E-state index < -0.39 is 0 Å². The number of hydrogen-bond acceptors (Lipinski definition) is 7. The van der Waals surface area contributed by atoms with Crippen molar-refractivity contribution in [3.05, 3.63) is 46.0 Å². The molecular formula is C26H32N6O2. The molecule has 1 saturated carbocycles. The highest BCUT2D eigenvalue weighted by molar-refractivity contribution is 6.00. The minimum Gasteiger partial charge on any atom is -0.357 e. The van der Waals surface area contributed by atoms with Crippen LogP contribution in [0.25, 0.3) is 11.0 Å². The maximum absolute atomic E-state index is 13.5. The molecule has 178 valence electrons. The van der Waals surface area contributed by atoms with Gasteiger partial charge < -0.3 is 10.2 Å². The van der Waals surface area contributed by atoms with Gasteiger partial charge in [0, 0.05) is 37.1 Å². The van der Waals surface area contributed by atoms with Gasteiger partial charge in [-0.1, -0.05) is 19.8 Å². The Balaban J connectivity index is 1.51. The van der Waals surface area contributed by atoms with Crippen LogP contribution in [0.5, 0.6) is 0 Å². The topological polar surface area (TPSA) is 93.0 Å². The molecule has 8 nitrogen and oxygen atoms in total. The van der Waals surface area contributed by atoms with Crippen molar-refractivity contribution < 1.29 is 4.79 Å². The lowest BCUT2D eigenvalue weighted by Crippen LogP contribution is -2.31. The van der Waals surface area contributed by atoms with Gasteiger partial charge in [-0.15, -0.1) is 0 Å². The van der Waals surface area contributed by atoms with Gasteiger partial charge in [-0.25, -0.2) is 9.97 Å². The van der Waals surface area contributed by atoms with Crippen molar-refractivity contribution in [2.24, 2.45) is 0 Å². The molecule has 1 N–H and O–H groups in total. The van der Waals surface area contributed by atoms with Crippen LogP contribution in [0.3, 0.4) is 0 Å². The van der Waals surface area contributed by atoms with Crippen LogP contribution in [0, 0.1) is 6.92 Å². The summed E-state index contributed by atoms with van der Waals surface area (Å²) in [4.78, 5) is 42.4. The molecule has 1 saturated heterocycles. The average Bonchev–Trinajstić information content (AvgIpc) is 3.39. The van der Waals surface area contributed by atoms with Gasteiger partial charge in [0.15, 0.2) is 5.78 Å². The molecule has 0 aromatic carbocycles. The molecule has 4 heterocycles. The number of fused-ring (bicyclic) bond motifs is 1. The van der Waals surface area contributed by atoms with E-state index in [1.165, 1.54) is 19.3 Å². The third-order valence-electron chi connectivity index (χ3n) is 7.18. The number of nitrogens with zero attached hydrogens (tertiary/aromatic N) is 5. The molecule has 0 spiro atoms. The molecule has 3 aromatic heterocycles. The minimum atomic E-state index is -0.221. The highest BCUT2D eigenvalue weighted by Gasteiger charge is 2.26. The summed E-state index contributed by atoms with van der Waals surface area (Å²) < 4.78 is 1.75. The molecule has 0 amide bonds. The number of Topliss-reactive ketones (excluding diaryl/α,β-unsaturated/α-hetero) is 1. The first-order valence-corrected chi connectivity index (χ1v) is 12.5. The van der Waals surface area contributed by atoms with Gasteiger partial charge in [-0.3, -0.25) is 14.2 Å². The first kappa shape index (κ1) is 22.5. The van der Waals surface area contributed by atoms with Crippen LogP contribution in [0.2, 0.25) is 0 Å². The monoisotopic (exact) mass is 460 g/mol. The van der Waals surface area contributed by atoms with E-state index in [1.807, 2.05) is 19.1 Å². The molecule has 1 aliphatic heterocycles. The molecule has 34 heavy (non-hydrogen) atoms. The zero-order chi connectivity index (χ0) is 23.7. The number of anilines is 3. The fourth-order valence-corrected chi connectivity index (χ4v) is 5.30. The molecule has 0 bridgehead atoms. The molecule has 0 radical (unpaired) electrons.